The molecule has 26 heavy (non-hydrogen) atoms. The summed E-state index contributed by atoms with van der Waals surface area (Å²) in [4.78, 5) is 38.2. The van der Waals surface area contributed by atoms with E-state index in [4.69, 9.17) is 9.47 Å². The van der Waals surface area contributed by atoms with Crippen molar-refractivity contribution >= 4 is 22.5 Å². The molecular formula is C20H17NO5. The van der Waals surface area contributed by atoms with E-state index in [1.54, 1.807) is 54.6 Å². The van der Waals surface area contributed by atoms with Gasteiger partial charge in [-0.25, -0.2) is 4.79 Å². The molecule has 0 unspecified atom stereocenters. The van der Waals surface area contributed by atoms with Crippen LogP contribution in [0.2, 0.25) is 0 Å². The number of benzene rings is 2. The molecule has 0 bridgehead atoms. The molecule has 1 heterocycles. The lowest BCUT2D eigenvalue weighted by Crippen LogP contribution is -2.18. The number of ether oxygens (including phenoxy) is 2. The fraction of sp³-hybridized carbons (Fsp3) is 0.150. The quantitative estimate of drug-likeness (QED) is 0.419. The van der Waals surface area contributed by atoms with E-state index in [-0.39, 0.29) is 30.3 Å². The van der Waals surface area contributed by atoms with Crippen molar-refractivity contribution in [2.75, 3.05) is 13.2 Å². The van der Waals surface area contributed by atoms with E-state index in [0.29, 0.717) is 22.1 Å². The molecule has 1 aromatic heterocycles. The number of ketones is 1. The van der Waals surface area contributed by atoms with Crippen LogP contribution in [0.25, 0.3) is 10.8 Å². The van der Waals surface area contributed by atoms with Gasteiger partial charge in [-0.3, -0.25) is 9.59 Å². The van der Waals surface area contributed by atoms with Gasteiger partial charge in [0.1, 0.15) is 24.7 Å². The maximum absolute atomic E-state index is 12.1. The Morgan fingerprint density at radius 1 is 1.00 bits per heavy atom. The topological polar surface area (TPSA) is 85.5 Å². The molecule has 0 spiro atoms. The van der Waals surface area contributed by atoms with E-state index in [0.717, 1.165) is 0 Å². The molecule has 0 fully saturated rings. The Labute approximate surface area is 149 Å². The minimum Gasteiger partial charge on any atom is -0.489 e. The molecular weight excluding hydrogens is 334 g/mol. The number of H-pyrrole nitrogens is 1. The smallest absolute Gasteiger partial charge is 0.354 e. The molecule has 0 saturated carbocycles. The number of aromatic nitrogens is 1. The number of fused-ring (bicyclic) bond motifs is 1. The molecule has 0 aliphatic heterocycles. The summed E-state index contributed by atoms with van der Waals surface area (Å²) in [6, 6.07) is 15.4. The zero-order chi connectivity index (χ0) is 18.5. The van der Waals surface area contributed by atoms with Crippen LogP contribution in [0.1, 0.15) is 27.8 Å². The summed E-state index contributed by atoms with van der Waals surface area (Å²) in [5, 5.41) is 1.17. The molecule has 2 aromatic carbocycles. The normalized spacial score (nSPS) is 10.5. The zero-order valence-electron chi connectivity index (χ0n) is 14.2. The first kappa shape index (κ1) is 17.4. The van der Waals surface area contributed by atoms with Crippen LogP contribution in [0.15, 0.2) is 59.4 Å². The Morgan fingerprint density at radius 3 is 2.54 bits per heavy atom. The van der Waals surface area contributed by atoms with E-state index >= 15 is 0 Å². The first-order valence-corrected chi connectivity index (χ1v) is 8.08. The number of pyridine rings is 1. The number of carbonyl (C=O) groups is 2. The number of rotatable bonds is 6. The van der Waals surface area contributed by atoms with E-state index < -0.39 is 5.97 Å². The van der Waals surface area contributed by atoms with E-state index in [9.17, 15) is 14.4 Å². The largest absolute Gasteiger partial charge is 0.489 e. The molecule has 6 heteroatoms. The van der Waals surface area contributed by atoms with Gasteiger partial charge >= 0.3 is 5.97 Å². The SMILES string of the molecule is CC(=O)c1ccccc1OCCOC(=O)c1cc2ccccc2c(=O)[nH]1. The molecule has 0 aliphatic carbocycles. The lowest BCUT2D eigenvalue weighted by Gasteiger charge is -2.10. The van der Waals surface area contributed by atoms with Crippen LogP contribution in [0.3, 0.4) is 0 Å². The molecule has 3 rings (SSSR count). The van der Waals surface area contributed by atoms with Gasteiger partial charge in [-0.15, -0.1) is 0 Å². The van der Waals surface area contributed by atoms with Crippen LogP contribution < -0.4 is 10.3 Å². The Balaban J connectivity index is 1.62. The molecule has 0 amide bonds. The predicted molar refractivity (Wildman–Crippen MR) is 96.8 cm³/mol. The van der Waals surface area contributed by atoms with Gasteiger partial charge in [-0.2, -0.15) is 0 Å². The number of hydrogen-bond donors (Lipinski definition) is 1. The number of Topliss-reactive ketones (excluding diaryl/α,β-unsaturated/α-hetero) is 1. The molecule has 0 radical (unpaired) electrons. The lowest BCUT2D eigenvalue weighted by atomic mass is 10.1. The monoisotopic (exact) mass is 351 g/mol. The van der Waals surface area contributed by atoms with Crippen molar-refractivity contribution in [3.05, 3.63) is 76.2 Å². The third-order valence-electron chi connectivity index (χ3n) is 3.81. The fourth-order valence-electron chi connectivity index (χ4n) is 2.57. The van der Waals surface area contributed by atoms with Crippen molar-refractivity contribution in [3.8, 4) is 5.75 Å². The molecule has 132 valence electrons. The number of para-hydroxylation sites is 1. The van der Waals surface area contributed by atoms with Crippen LogP contribution in [0, 0.1) is 0 Å². The number of carbonyl (C=O) groups excluding carboxylic acids is 2. The van der Waals surface area contributed by atoms with E-state index in [1.165, 1.54) is 6.92 Å². The van der Waals surface area contributed by atoms with Crippen LogP contribution in [-0.2, 0) is 4.74 Å². The Kier molecular flexibility index (Phi) is 5.12. The van der Waals surface area contributed by atoms with Gasteiger partial charge < -0.3 is 14.5 Å². The highest BCUT2D eigenvalue weighted by Gasteiger charge is 2.11. The van der Waals surface area contributed by atoms with Crippen molar-refractivity contribution in [3.63, 3.8) is 0 Å². The highest BCUT2D eigenvalue weighted by atomic mass is 16.6. The second-order valence-corrected chi connectivity index (χ2v) is 5.64. The minimum atomic E-state index is -0.642. The van der Waals surface area contributed by atoms with Gasteiger partial charge in [0.25, 0.3) is 5.56 Å². The van der Waals surface area contributed by atoms with Crippen LogP contribution in [-0.4, -0.2) is 30.0 Å². The van der Waals surface area contributed by atoms with Gasteiger partial charge in [-0.05, 0) is 36.6 Å². The third-order valence-corrected chi connectivity index (χ3v) is 3.81. The average Bonchev–Trinajstić information content (AvgIpc) is 2.65. The zero-order valence-corrected chi connectivity index (χ0v) is 14.2. The summed E-state index contributed by atoms with van der Waals surface area (Å²) in [5.74, 6) is -0.308. The predicted octanol–water partition coefficient (Wildman–Crippen LogP) is 2.97. The third kappa shape index (κ3) is 3.80. The summed E-state index contributed by atoms with van der Waals surface area (Å²) < 4.78 is 10.6. The highest BCUT2D eigenvalue weighted by Crippen LogP contribution is 2.18. The van der Waals surface area contributed by atoms with Gasteiger partial charge in [0.05, 0.1) is 5.56 Å². The molecule has 0 atom stereocenters. The van der Waals surface area contributed by atoms with Gasteiger partial charge in [-0.1, -0.05) is 30.3 Å². The Bertz CT molecular complexity index is 1020. The average molecular weight is 351 g/mol. The number of esters is 1. The maximum atomic E-state index is 12.1. The molecule has 6 nitrogen and oxygen atoms in total. The molecule has 0 saturated heterocycles. The molecule has 0 aliphatic rings. The maximum Gasteiger partial charge on any atom is 0.354 e. The fourth-order valence-corrected chi connectivity index (χ4v) is 2.57. The number of aromatic amines is 1. The lowest BCUT2D eigenvalue weighted by molar-refractivity contribution is 0.0442. The Hall–Kier alpha value is -3.41. The molecule has 1 N–H and O–H groups in total. The summed E-state index contributed by atoms with van der Waals surface area (Å²) >= 11 is 0. The van der Waals surface area contributed by atoms with Crippen LogP contribution in [0.5, 0.6) is 5.75 Å². The second kappa shape index (κ2) is 7.65. The number of hydrogen-bond acceptors (Lipinski definition) is 5. The highest BCUT2D eigenvalue weighted by molar-refractivity contribution is 5.96. The summed E-state index contributed by atoms with van der Waals surface area (Å²) in [5.41, 5.74) is 0.206. The first-order chi connectivity index (χ1) is 12.6. The van der Waals surface area contributed by atoms with Crippen LogP contribution >= 0.6 is 0 Å². The summed E-state index contributed by atoms with van der Waals surface area (Å²) in [7, 11) is 0. The van der Waals surface area contributed by atoms with Gasteiger partial charge in [0.15, 0.2) is 5.78 Å². The second-order valence-electron chi connectivity index (χ2n) is 5.64. The van der Waals surface area contributed by atoms with Crippen LogP contribution in [0.4, 0.5) is 0 Å². The van der Waals surface area contributed by atoms with Gasteiger partial charge in [0.2, 0.25) is 0 Å². The van der Waals surface area contributed by atoms with Gasteiger partial charge in [0, 0.05) is 5.39 Å². The summed E-state index contributed by atoms with van der Waals surface area (Å²) in [6.07, 6.45) is 0. The van der Waals surface area contributed by atoms with Crippen molar-refractivity contribution < 1.29 is 19.1 Å². The molecule has 3 aromatic rings. The first-order valence-electron chi connectivity index (χ1n) is 8.08. The van der Waals surface area contributed by atoms with Crippen molar-refractivity contribution in [2.45, 2.75) is 6.92 Å². The van der Waals surface area contributed by atoms with Crippen molar-refractivity contribution in [1.29, 1.82) is 0 Å². The minimum absolute atomic E-state index is 0.0140. The van der Waals surface area contributed by atoms with Crippen molar-refractivity contribution in [2.24, 2.45) is 0 Å². The van der Waals surface area contributed by atoms with E-state index in [1.807, 2.05) is 0 Å². The summed E-state index contributed by atoms with van der Waals surface area (Å²) in [6.45, 7) is 1.53. The van der Waals surface area contributed by atoms with Crippen molar-refractivity contribution in [1.82, 2.24) is 4.98 Å². The standard InChI is InChI=1S/C20H17NO5/c1-13(22)15-7-4-5-9-18(15)25-10-11-26-20(24)17-12-14-6-2-3-8-16(14)19(23)21-17/h2-9,12H,10-11H2,1H3,(H,21,23). The number of nitrogens with one attached hydrogen (secondary N) is 1. The Morgan fingerprint density at radius 2 is 1.73 bits per heavy atom. The van der Waals surface area contributed by atoms with E-state index in [2.05, 4.69) is 4.98 Å².